The largest absolute Gasteiger partial charge is 0.461 e. The Labute approximate surface area is 397 Å². The molecule has 24 heteroatoms. The Balaban J connectivity index is 0.000000176. The Morgan fingerprint density at radius 1 is 0.714 bits per heavy atom. The van der Waals surface area contributed by atoms with Crippen molar-refractivity contribution in [3.05, 3.63) is 121 Å². The van der Waals surface area contributed by atoms with Crippen molar-refractivity contribution >= 4 is 41.0 Å². The summed E-state index contributed by atoms with van der Waals surface area (Å²) in [4.78, 5) is 60.1. The highest BCUT2D eigenvalue weighted by molar-refractivity contribution is 6.00. The number of aliphatic hydroxyl groups excluding tert-OH is 1. The third-order valence-electron chi connectivity index (χ3n) is 11.3. The summed E-state index contributed by atoms with van der Waals surface area (Å²) in [7, 11) is 3.57. The molecule has 10 rings (SSSR count). The fourth-order valence-electron chi connectivity index (χ4n) is 7.83. The lowest BCUT2D eigenvalue weighted by Crippen LogP contribution is -2.27. The molecular formula is C46H45F2N13O9. The Kier molecular flexibility index (Phi) is 14.0. The van der Waals surface area contributed by atoms with E-state index >= 15 is 4.39 Å². The van der Waals surface area contributed by atoms with Crippen LogP contribution in [-0.4, -0.2) is 151 Å². The van der Waals surface area contributed by atoms with Crippen molar-refractivity contribution in [1.82, 2.24) is 44.9 Å². The van der Waals surface area contributed by atoms with Crippen molar-refractivity contribution in [3.8, 4) is 22.3 Å². The second kappa shape index (κ2) is 20.9. The smallest absolute Gasteiger partial charge is 0.414 e. The van der Waals surface area contributed by atoms with Gasteiger partial charge in [0.2, 0.25) is 0 Å². The summed E-state index contributed by atoms with van der Waals surface area (Å²) in [6, 6.07) is 16.1. The monoisotopic (exact) mass is 961 g/mol. The molecular weight excluding hydrogens is 917 g/mol. The van der Waals surface area contributed by atoms with Crippen LogP contribution < -0.4 is 9.80 Å². The number of hydrogen-bond donors (Lipinski definition) is 1. The Bertz CT molecular complexity index is 2870. The maximum atomic E-state index is 15.1. The minimum Gasteiger partial charge on any atom is -0.461 e. The summed E-state index contributed by atoms with van der Waals surface area (Å²) in [5.41, 5.74) is 5.13. The quantitative estimate of drug-likeness (QED) is 0.113. The average molecular weight is 962 g/mol. The fraction of sp³-hybridized carbons (Fsp3) is 0.326. The van der Waals surface area contributed by atoms with Gasteiger partial charge in [0.1, 0.15) is 41.9 Å². The molecule has 22 nitrogen and oxygen atoms in total. The first-order chi connectivity index (χ1) is 34.0. The van der Waals surface area contributed by atoms with Gasteiger partial charge < -0.3 is 29.0 Å². The van der Waals surface area contributed by atoms with Crippen LogP contribution in [0.1, 0.15) is 24.2 Å². The first kappa shape index (κ1) is 46.8. The SMILES string of the molecule is CN(C)CC(=O)OCC1CC(c2ccc(-c3ccc(N4C[C@H](Cn5ccnn5)OC4=O)cc3F)cn2)=NO1.O=C1O[C@@H](Cn2ccnn2)CN1c1ccc(-c2ccc(C3=NO[C@H](CO)C3)nc2)c(F)c1. The van der Waals surface area contributed by atoms with Crippen molar-refractivity contribution in [1.29, 1.82) is 0 Å². The number of amides is 2. The van der Waals surface area contributed by atoms with Crippen LogP contribution in [0.25, 0.3) is 22.3 Å². The third kappa shape index (κ3) is 11.0. The van der Waals surface area contributed by atoms with Crippen molar-refractivity contribution in [2.75, 3.05) is 56.7 Å². The molecule has 6 aromatic rings. The number of esters is 1. The zero-order chi connectivity index (χ0) is 48.7. The van der Waals surface area contributed by atoms with Crippen LogP contribution >= 0.6 is 0 Å². The molecule has 0 radical (unpaired) electrons. The standard InChI is InChI=1S/C25H26FN7O5.C21H19FN6O4/c1-31(2)14-24(34)36-15-18-10-23(29-38-18)22-6-3-16(11-27-22)20-5-4-17(9-21(20)26)33-13-19(37-25(33)35)12-32-8-7-28-30-32;22-18-7-14(28-11-16(31-21(28)30)10-27-6-5-24-26-27)2-3-17(18)13-1-4-19(23-9-13)20-8-15(12-29)32-25-20/h3-9,11,18-19H,10,12-15H2,1-2H3;1-7,9,15-16,29H,8,10-12H2/t18?,19-;15-,16-/m00/s1. The van der Waals surface area contributed by atoms with Crippen LogP contribution in [0.5, 0.6) is 0 Å². The number of nitrogens with zero attached hydrogens (tertiary/aromatic N) is 13. The molecule has 1 unspecified atom stereocenters. The average Bonchev–Trinajstić information content (AvgIpc) is 4.23. The molecule has 0 aliphatic carbocycles. The minimum atomic E-state index is -0.543. The van der Waals surface area contributed by atoms with E-state index in [2.05, 4.69) is 40.9 Å². The lowest BCUT2D eigenvalue weighted by atomic mass is 10.0. The third-order valence-corrected chi connectivity index (χ3v) is 11.3. The van der Waals surface area contributed by atoms with Gasteiger partial charge in [-0.3, -0.25) is 29.5 Å². The first-order valence-corrected chi connectivity index (χ1v) is 22.0. The van der Waals surface area contributed by atoms with Crippen LogP contribution in [0.2, 0.25) is 0 Å². The minimum absolute atomic E-state index is 0.0983. The highest BCUT2D eigenvalue weighted by Crippen LogP contribution is 2.32. The summed E-state index contributed by atoms with van der Waals surface area (Å²) in [5, 5.41) is 32.3. The second-order valence-corrected chi connectivity index (χ2v) is 16.7. The first-order valence-electron chi connectivity index (χ1n) is 22.0. The van der Waals surface area contributed by atoms with Gasteiger partial charge >= 0.3 is 18.2 Å². The van der Waals surface area contributed by atoms with Crippen molar-refractivity contribution in [2.24, 2.45) is 10.3 Å². The molecule has 2 aromatic carbocycles. The number of aliphatic hydroxyl groups is 1. The van der Waals surface area contributed by atoms with Crippen LogP contribution in [0.3, 0.4) is 0 Å². The van der Waals surface area contributed by atoms with Gasteiger partial charge in [-0.25, -0.2) is 27.7 Å². The number of ether oxygens (including phenoxy) is 3. The molecule has 2 amide bonds. The molecule has 0 spiro atoms. The van der Waals surface area contributed by atoms with E-state index < -0.39 is 36.0 Å². The van der Waals surface area contributed by atoms with Gasteiger partial charge in [0.05, 0.1) is 74.5 Å². The Hall–Kier alpha value is -8.25. The van der Waals surface area contributed by atoms with Crippen molar-refractivity contribution in [2.45, 2.75) is 50.3 Å². The van der Waals surface area contributed by atoms with Gasteiger partial charge in [-0.15, -0.1) is 10.2 Å². The Morgan fingerprint density at radius 3 is 1.63 bits per heavy atom. The summed E-state index contributed by atoms with van der Waals surface area (Å²) in [5.74, 6) is -1.31. The fourth-order valence-corrected chi connectivity index (χ4v) is 7.83. The number of anilines is 2. The van der Waals surface area contributed by atoms with E-state index in [9.17, 15) is 18.8 Å². The summed E-state index contributed by atoms with van der Waals surface area (Å²) in [6.07, 6.45) is 7.83. The van der Waals surface area contributed by atoms with Crippen LogP contribution in [-0.2, 0) is 41.8 Å². The predicted molar refractivity (Wildman–Crippen MR) is 243 cm³/mol. The molecule has 362 valence electrons. The van der Waals surface area contributed by atoms with E-state index in [1.54, 1.807) is 114 Å². The molecule has 8 heterocycles. The van der Waals surface area contributed by atoms with E-state index in [0.29, 0.717) is 82.4 Å². The number of likely N-dealkylation sites (N-methyl/N-ethyl adjacent to an activating group) is 1. The topological polar surface area (TPSA) is 239 Å². The van der Waals surface area contributed by atoms with Gasteiger partial charge in [0, 0.05) is 59.9 Å². The van der Waals surface area contributed by atoms with Gasteiger partial charge in [0.15, 0.2) is 12.2 Å². The predicted octanol–water partition coefficient (Wildman–Crippen LogP) is 4.09. The molecule has 4 aliphatic heterocycles. The van der Waals surface area contributed by atoms with Crippen LogP contribution in [0, 0.1) is 11.6 Å². The van der Waals surface area contributed by atoms with E-state index in [4.69, 9.17) is 29.0 Å². The van der Waals surface area contributed by atoms with Crippen molar-refractivity contribution < 1.29 is 52.2 Å². The lowest BCUT2D eigenvalue weighted by molar-refractivity contribution is -0.147. The number of carbonyl (C=O) groups is 3. The van der Waals surface area contributed by atoms with Gasteiger partial charge in [-0.1, -0.05) is 32.9 Å². The molecule has 70 heavy (non-hydrogen) atoms. The van der Waals surface area contributed by atoms with E-state index in [-0.39, 0.29) is 51.0 Å². The molecule has 4 atom stereocenters. The number of rotatable bonds is 15. The summed E-state index contributed by atoms with van der Waals surface area (Å²) >= 11 is 0. The van der Waals surface area contributed by atoms with E-state index in [0.717, 1.165) is 0 Å². The number of aromatic nitrogens is 8. The number of pyridine rings is 2. The maximum Gasteiger partial charge on any atom is 0.414 e. The number of cyclic esters (lactones) is 2. The van der Waals surface area contributed by atoms with Crippen LogP contribution in [0.4, 0.5) is 29.7 Å². The van der Waals surface area contributed by atoms with E-state index in [1.165, 1.54) is 21.9 Å². The number of benzene rings is 2. The summed E-state index contributed by atoms with van der Waals surface area (Å²) in [6.45, 7) is 1.46. The number of halogens is 2. The lowest BCUT2D eigenvalue weighted by Gasteiger charge is -2.14. The molecule has 2 saturated heterocycles. The van der Waals surface area contributed by atoms with Gasteiger partial charge in [-0.2, -0.15) is 0 Å². The summed E-state index contributed by atoms with van der Waals surface area (Å²) < 4.78 is 49.1. The van der Waals surface area contributed by atoms with Gasteiger partial charge in [0.25, 0.3) is 0 Å². The molecule has 4 aliphatic rings. The highest BCUT2D eigenvalue weighted by Gasteiger charge is 2.35. The number of oxime groups is 2. The molecule has 1 N–H and O–H groups in total. The highest BCUT2D eigenvalue weighted by atomic mass is 19.1. The zero-order valence-corrected chi connectivity index (χ0v) is 37.7. The molecule has 0 saturated carbocycles. The zero-order valence-electron chi connectivity index (χ0n) is 37.7. The van der Waals surface area contributed by atoms with Crippen molar-refractivity contribution in [3.63, 3.8) is 0 Å². The molecule has 2 fully saturated rings. The number of carbonyl (C=O) groups excluding carboxylic acids is 3. The van der Waals surface area contributed by atoms with Crippen LogP contribution in [0.15, 0.2) is 108 Å². The number of hydrogen-bond acceptors (Lipinski definition) is 18. The second-order valence-electron chi connectivity index (χ2n) is 16.7. The normalized spacial score (nSPS) is 19.5. The Morgan fingerprint density at radius 2 is 1.21 bits per heavy atom. The van der Waals surface area contributed by atoms with Gasteiger partial charge in [-0.05, 0) is 62.6 Å². The maximum absolute atomic E-state index is 15.1. The molecule has 4 aromatic heterocycles. The van der Waals surface area contributed by atoms with E-state index in [1.807, 2.05) is 0 Å². The molecule has 0 bridgehead atoms.